The van der Waals surface area contributed by atoms with Crippen LogP contribution in [0.2, 0.25) is 0 Å². The quantitative estimate of drug-likeness (QED) is 0.859. The number of thiophene rings is 1. The van der Waals surface area contributed by atoms with Gasteiger partial charge in [0.25, 0.3) is 0 Å². The Hall–Kier alpha value is 0.1000. The monoisotopic (exact) mass is 358 g/mol. The summed E-state index contributed by atoms with van der Waals surface area (Å²) in [4.78, 5) is 3.91. The Kier molecular flexibility index (Phi) is 5.00. The fraction of sp³-hybridized carbons (Fsp3) is 0.750. The van der Waals surface area contributed by atoms with Gasteiger partial charge in [0.1, 0.15) is 0 Å². The van der Waals surface area contributed by atoms with Crippen molar-refractivity contribution in [1.82, 2.24) is 4.90 Å². The minimum atomic E-state index is 0.159. The maximum Gasteiger partial charge on any atom is 0.0358 e. The number of hydrogen-bond donors (Lipinski definition) is 1. The van der Waals surface area contributed by atoms with Crippen molar-refractivity contribution in [2.45, 2.75) is 52.1 Å². The maximum atomic E-state index is 6.23. The van der Waals surface area contributed by atoms with Gasteiger partial charge in [-0.15, -0.1) is 11.3 Å². The Morgan fingerprint density at radius 2 is 2.15 bits per heavy atom. The van der Waals surface area contributed by atoms with Gasteiger partial charge in [0, 0.05) is 33.4 Å². The lowest BCUT2D eigenvalue weighted by molar-refractivity contribution is -0.0112. The molecule has 2 atom stereocenters. The Bertz CT molecular complexity index is 457. The highest BCUT2D eigenvalue weighted by Crippen LogP contribution is 2.46. The van der Waals surface area contributed by atoms with Crippen molar-refractivity contribution in [2.24, 2.45) is 17.1 Å². The molecular weight excluding hydrogens is 332 g/mol. The lowest BCUT2D eigenvalue weighted by Crippen LogP contribution is -2.59. The molecule has 2 unspecified atom stereocenters. The van der Waals surface area contributed by atoms with E-state index in [0.29, 0.717) is 11.3 Å². The third-order valence-electron chi connectivity index (χ3n) is 5.14. The molecule has 0 radical (unpaired) electrons. The van der Waals surface area contributed by atoms with E-state index < -0.39 is 0 Å². The average molecular weight is 359 g/mol. The van der Waals surface area contributed by atoms with E-state index in [2.05, 4.69) is 60.1 Å². The zero-order valence-corrected chi connectivity index (χ0v) is 15.5. The van der Waals surface area contributed by atoms with Crippen LogP contribution in [0, 0.1) is 11.3 Å². The van der Waals surface area contributed by atoms with Gasteiger partial charge in [-0.25, -0.2) is 0 Å². The van der Waals surface area contributed by atoms with E-state index in [9.17, 15) is 0 Å². The van der Waals surface area contributed by atoms with Crippen LogP contribution in [0.1, 0.15) is 44.9 Å². The van der Waals surface area contributed by atoms with E-state index in [1.54, 1.807) is 0 Å². The Labute approximate surface area is 135 Å². The van der Waals surface area contributed by atoms with Crippen LogP contribution in [0.15, 0.2) is 15.9 Å². The van der Waals surface area contributed by atoms with Crippen LogP contribution < -0.4 is 5.73 Å². The largest absolute Gasteiger partial charge is 0.329 e. The molecule has 0 bridgehead atoms. The topological polar surface area (TPSA) is 29.3 Å². The molecule has 1 fully saturated rings. The summed E-state index contributed by atoms with van der Waals surface area (Å²) in [6.45, 7) is 8.92. The van der Waals surface area contributed by atoms with Crippen LogP contribution >= 0.6 is 27.3 Å². The minimum absolute atomic E-state index is 0.159. The highest BCUT2D eigenvalue weighted by atomic mass is 79.9. The van der Waals surface area contributed by atoms with Crippen LogP contribution in [0.25, 0.3) is 0 Å². The predicted molar refractivity (Wildman–Crippen MR) is 92.1 cm³/mol. The second-order valence-corrected chi connectivity index (χ2v) is 9.08. The molecular formula is C16H27BrN2S. The van der Waals surface area contributed by atoms with Crippen molar-refractivity contribution in [3.63, 3.8) is 0 Å². The number of rotatable bonds is 4. The first-order valence-electron chi connectivity index (χ1n) is 7.43. The van der Waals surface area contributed by atoms with E-state index in [-0.39, 0.29) is 5.54 Å². The van der Waals surface area contributed by atoms with E-state index in [1.165, 1.54) is 28.6 Å². The summed E-state index contributed by atoms with van der Waals surface area (Å²) in [6.07, 6.45) is 3.75. The van der Waals surface area contributed by atoms with Crippen LogP contribution in [0.3, 0.4) is 0 Å². The van der Waals surface area contributed by atoms with Gasteiger partial charge in [0.05, 0.1) is 0 Å². The van der Waals surface area contributed by atoms with Crippen molar-refractivity contribution in [3.05, 3.63) is 20.8 Å². The molecule has 1 aromatic rings. The standard InChI is InChI=1S/C16H27BrN2S/c1-12-8-15(2,3)5-6-16(12,11-18)19(4)9-14-7-13(17)10-20-14/h7,10,12H,5-6,8-9,11,18H2,1-4H3. The van der Waals surface area contributed by atoms with Gasteiger partial charge in [0.15, 0.2) is 0 Å². The summed E-state index contributed by atoms with van der Waals surface area (Å²) in [5.74, 6) is 0.643. The molecule has 0 amide bonds. The second-order valence-electron chi connectivity index (χ2n) is 7.16. The first-order valence-corrected chi connectivity index (χ1v) is 9.10. The normalized spacial score (nSPS) is 29.9. The Morgan fingerprint density at radius 1 is 1.45 bits per heavy atom. The highest BCUT2D eigenvalue weighted by molar-refractivity contribution is 9.10. The lowest BCUT2D eigenvalue weighted by atomic mass is 9.63. The van der Waals surface area contributed by atoms with E-state index in [4.69, 9.17) is 5.73 Å². The van der Waals surface area contributed by atoms with Crippen molar-refractivity contribution in [3.8, 4) is 0 Å². The van der Waals surface area contributed by atoms with Crippen LogP contribution in [-0.4, -0.2) is 24.0 Å². The van der Waals surface area contributed by atoms with Crippen molar-refractivity contribution in [1.29, 1.82) is 0 Å². The maximum absolute atomic E-state index is 6.23. The molecule has 0 aromatic carbocycles. The molecule has 4 heteroatoms. The van der Waals surface area contributed by atoms with Crippen molar-refractivity contribution in [2.75, 3.05) is 13.6 Å². The molecule has 114 valence electrons. The van der Waals surface area contributed by atoms with Crippen LogP contribution in [0.5, 0.6) is 0 Å². The number of hydrogen-bond acceptors (Lipinski definition) is 3. The molecule has 2 nitrogen and oxygen atoms in total. The fourth-order valence-electron chi connectivity index (χ4n) is 3.78. The molecule has 0 spiro atoms. The number of likely N-dealkylation sites (N-methyl/N-ethyl adjacent to an activating group) is 1. The number of nitrogens with zero attached hydrogens (tertiary/aromatic N) is 1. The third-order valence-corrected chi connectivity index (χ3v) is 6.82. The molecule has 2 rings (SSSR count). The highest BCUT2D eigenvalue weighted by Gasteiger charge is 2.45. The van der Waals surface area contributed by atoms with Gasteiger partial charge in [-0.05, 0) is 59.6 Å². The van der Waals surface area contributed by atoms with Gasteiger partial charge < -0.3 is 5.73 Å². The zero-order valence-electron chi connectivity index (χ0n) is 13.1. The summed E-state index contributed by atoms with van der Waals surface area (Å²) in [7, 11) is 2.25. The van der Waals surface area contributed by atoms with Gasteiger partial charge in [0.2, 0.25) is 0 Å². The zero-order chi connectivity index (χ0) is 15.0. The smallest absolute Gasteiger partial charge is 0.0358 e. The molecule has 0 saturated heterocycles. The molecule has 2 N–H and O–H groups in total. The fourth-order valence-corrected chi connectivity index (χ4v) is 5.28. The second kappa shape index (κ2) is 6.07. The lowest BCUT2D eigenvalue weighted by Gasteiger charge is -2.52. The van der Waals surface area contributed by atoms with Crippen molar-refractivity contribution < 1.29 is 0 Å². The summed E-state index contributed by atoms with van der Waals surface area (Å²) in [5.41, 5.74) is 6.85. The molecule has 1 aliphatic carbocycles. The van der Waals surface area contributed by atoms with Gasteiger partial charge in [-0.1, -0.05) is 20.8 Å². The molecule has 1 aliphatic rings. The first kappa shape index (κ1) is 16.5. The first-order chi connectivity index (χ1) is 9.29. The van der Waals surface area contributed by atoms with E-state index in [0.717, 1.165) is 13.1 Å². The average Bonchev–Trinajstić information content (AvgIpc) is 2.74. The Balaban J connectivity index is 2.14. The van der Waals surface area contributed by atoms with E-state index in [1.807, 2.05) is 11.3 Å². The van der Waals surface area contributed by atoms with Gasteiger partial charge >= 0.3 is 0 Å². The van der Waals surface area contributed by atoms with Crippen LogP contribution in [0.4, 0.5) is 0 Å². The molecule has 1 heterocycles. The SMILES string of the molecule is CC1CC(C)(C)CCC1(CN)N(C)Cc1cc(Br)cs1. The van der Waals surface area contributed by atoms with E-state index >= 15 is 0 Å². The summed E-state index contributed by atoms with van der Waals surface area (Å²) in [6, 6.07) is 2.23. The summed E-state index contributed by atoms with van der Waals surface area (Å²) >= 11 is 5.37. The number of halogens is 1. The molecule has 1 aromatic heterocycles. The summed E-state index contributed by atoms with van der Waals surface area (Å²) in [5, 5.41) is 2.16. The Morgan fingerprint density at radius 3 is 2.65 bits per heavy atom. The van der Waals surface area contributed by atoms with Gasteiger partial charge in [-0.2, -0.15) is 0 Å². The molecule has 0 aliphatic heterocycles. The minimum Gasteiger partial charge on any atom is -0.329 e. The molecule has 1 saturated carbocycles. The number of nitrogens with two attached hydrogens (primary N) is 1. The third kappa shape index (κ3) is 3.29. The summed E-state index contributed by atoms with van der Waals surface area (Å²) < 4.78 is 1.19. The van der Waals surface area contributed by atoms with Crippen LogP contribution in [-0.2, 0) is 6.54 Å². The van der Waals surface area contributed by atoms with Crippen molar-refractivity contribution >= 4 is 27.3 Å². The molecule has 20 heavy (non-hydrogen) atoms. The van der Waals surface area contributed by atoms with Gasteiger partial charge in [-0.3, -0.25) is 4.90 Å². The predicted octanol–water partition coefficient (Wildman–Crippen LogP) is 4.49.